The number of sulfone groups is 1. The van der Waals surface area contributed by atoms with E-state index in [0.29, 0.717) is 0 Å². The maximum atomic E-state index is 11.4. The SMILES string of the molecule is CCOC(=O)C1=NO[C@@H]2CS(=O)(=O)C[C@H]12. The second kappa shape index (κ2) is 3.48. The summed E-state index contributed by atoms with van der Waals surface area (Å²) in [5.74, 6) is -1.17. The molecule has 2 aliphatic rings. The molecule has 2 rings (SSSR count). The molecule has 15 heavy (non-hydrogen) atoms. The van der Waals surface area contributed by atoms with Crippen LogP contribution in [0.5, 0.6) is 0 Å². The molecule has 0 aliphatic carbocycles. The molecule has 0 aromatic rings. The molecule has 2 aliphatic heterocycles. The van der Waals surface area contributed by atoms with Crippen molar-refractivity contribution < 1.29 is 22.8 Å². The fourth-order valence-corrected chi connectivity index (χ4v) is 3.61. The van der Waals surface area contributed by atoms with Crippen molar-refractivity contribution in [2.24, 2.45) is 11.1 Å². The highest BCUT2D eigenvalue weighted by Crippen LogP contribution is 2.29. The van der Waals surface area contributed by atoms with Gasteiger partial charge >= 0.3 is 5.97 Å². The van der Waals surface area contributed by atoms with Gasteiger partial charge < -0.3 is 9.57 Å². The van der Waals surface area contributed by atoms with Crippen LogP contribution in [0.25, 0.3) is 0 Å². The van der Waals surface area contributed by atoms with E-state index in [4.69, 9.17) is 9.57 Å². The standard InChI is InChI=1S/C8H11NO5S/c1-2-13-8(10)7-5-3-15(11,12)4-6(5)14-9-7/h5-6H,2-4H2,1H3/t5-,6+/m0/s1. The van der Waals surface area contributed by atoms with Crippen molar-refractivity contribution >= 4 is 21.5 Å². The first-order valence-electron chi connectivity index (χ1n) is 4.65. The van der Waals surface area contributed by atoms with Crippen molar-refractivity contribution in [1.82, 2.24) is 0 Å². The molecule has 0 aromatic heterocycles. The molecule has 0 N–H and O–H groups in total. The number of ether oxygens (including phenoxy) is 1. The molecule has 0 amide bonds. The smallest absolute Gasteiger partial charge is 0.356 e. The van der Waals surface area contributed by atoms with Crippen LogP contribution in [0.2, 0.25) is 0 Å². The summed E-state index contributed by atoms with van der Waals surface area (Å²) in [6.07, 6.45) is -0.505. The molecule has 0 saturated carbocycles. The molecule has 2 heterocycles. The molecule has 1 saturated heterocycles. The lowest BCUT2D eigenvalue weighted by molar-refractivity contribution is -0.135. The van der Waals surface area contributed by atoms with Crippen molar-refractivity contribution in [3.63, 3.8) is 0 Å². The van der Waals surface area contributed by atoms with Crippen molar-refractivity contribution in [2.45, 2.75) is 13.0 Å². The Morgan fingerprint density at radius 1 is 1.60 bits per heavy atom. The average molecular weight is 233 g/mol. The number of rotatable bonds is 2. The Morgan fingerprint density at radius 2 is 2.33 bits per heavy atom. The van der Waals surface area contributed by atoms with Gasteiger partial charge in [0.2, 0.25) is 0 Å². The third-order valence-corrected chi connectivity index (χ3v) is 4.13. The molecule has 0 spiro atoms. The first-order chi connectivity index (χ1) is 7.03. The lowest BCUT2D eigenvalue weighted by Gasteiger charge is -2.05. The normalized spacial score (nSPS) is 31.7. The van der Waals surface area contributed by atoms with Crippen molar-refractivity contribution in [3.8, 4) is 0 Å². The van der Waals surface area contributed by atoms with Gasteiger partial charge in [0.25, 0.3) is 0 Å². The zero-order chi connectivity index (χ0) is 11.1. The number of hydrogen-bond donors (Lipinski definition) is 0. The Labute approximate surface area is 87.1 Å². The number of fused-ring (bicyclic) bond motifs is 1. The predicted molar refractivity (Wildman–Crippen MR) is 51.1 cm³/mol. The summed E-state index contributed by atoms with van der Waals surface area (Å²) in [7, 11) is -3.10. The molecule has 1 fully saturated rings. The van der Waals surface area contributed by atoms with E-state index in [1.807, 2.05) is 0 Å². The largest absolute Gasteiger partial charge is 0.461 e. The average Bonchev–Trinajstić information content (AvgIpc) is 2.59. The van der Waals surface area contributed by atoms with Crippen molar-refractivity contribution in [2.75, 3.05) is 18.1 Å². The number of oxime groups is 1. The summed E-state index contributed by atoms with van der Waals surface area (Å²) in [5.41, 5.74) is 0.0999. The Morgan fingerprint density at radius 3 is 3.00 bits per heavy atom. The van der Waals surface area contributed by atoms with E-state index in [1.54, 1.807) is 6.92 Å². The van der Waals surface area contributed by atoms with E-state index < -0.39 is 27.8 Å². The van der Waals surface area contributed by atoms with Gasteiger partial charge in [0, 0.05) is 0 Å². The maximum Gasteiger partial charge on any atom is 0.356 e. The lowest BCUT2D eigenvalue weighted by Crippen LogP contribution is -2.28. The molecular weight excluding hydrogens is 222 g/mol. The third-order valence-electron chi connectivity index (χ3n) is 2.42. The van der Waals surface area contributed by atoms with E-state index in [9.17, 15) is 13.2 Å². The van der Waals surface area contributed by atoms with Gasteiger partial charge in [0.1, 0.15) is 0 Å². The fraction of sp³-hybridized carbons (Fsp3) is 0.750. The van der Waals surface area contributed by atoms with E-state index in [2.05, 4.69) is 5.16 Å². The van der Waals surface area contributed by atoms with Gasteiger partial charge in [0.15, 0.2) is 21.7 Å². The van der Waals surface area contributed by atoms with Gasteiger partial charge in [0.05, 0.1) is 24.0 Å². The Kier molecular flexibility index (Phi) is 2.41. The monoisotopic (exact) mass is 233 g/mol. The zero-order valence-electron chi connectivity index (χ0n) is 8.17. The lowest BCUT2D eigenvalue weighted by atomic mass is 10.0. The van der Waals surface area contributed by atoms with Crippen molar-refractivity contribution in [3.05, 3.63) is 0 Å². The molecule has 0 radical (unpaired) electrons. The fourth-order valence-electron chi connectivity index (χ4n) is 1.76. The molecule has 6 nitrogen and oxygen atoms in total. The van der Waals surface area contributed by atoms with Crippen LogP contribution < -0.4 is 0 Å². The zero-order valence-corrected chi connectivity index (χ0v) is 8.99. The summed E-state index contributed by atoms with van der Waals surface area (Å²) in [5, 5.41) is 3.58. The second-order valence-electron chi connectivity index (χ2n) is 3.52. The number of carbonyl (C=O) groups excluding carboxylic acids is 1. The maximum absolute atomic E-state index is 11.4. The van der Waals surface area contributed by atoms with Gasteiger partial charge in [-0.05, 0) is 6.92 Å². The van der Waals surface area contributed by atoms with Crippen LogP contribution >= 0.6 is 0 Å². The number of carbonyl (C=O) groups is 1. The highest BCUT2D eigenvalue weighted by Gasteiger charge is 2.48. The highest BCUT2D eigenvalue weighted by molar-refractivity contribution is 7.91. The van der Waals surface area contributed by atoms with Crippen LogP contribution in [0.1, 0.15) is 6.92 Å². The van der Waals surface area contributed by atoms with Crippen LogP contribution in [-0.2, 0) is 24.2 Å². The van der Waals surface area contributed by atoms with E-state index in [1.165, 1.54) is 0 Å². The number of esters is 1. The predicted octanol–water partition coefficient (Wildman–Crippen LogP) is -0.651. The van der Waals surface area contributed by atoms with Gasteiger partial charge in [-0.2, -0.15) is 0 Å². The first-order valence-corrected chi connectivity index (χ1v) is 6.47. The summed E-state index contributed by atoms with van der Waals surface area (Å²) >= 11 is 0. The van der Waals surface area contributed by atoms with Crippen LogP contribution in [-0.4, -0.2) is 44.3 Å². The van der Waals surface area contributed by atoms with Gasteiger partial charge in [-0.1, -0.05) is 5.16 Å². The number of nitrogens with zero attached hydrogens (tertiary/aromatic N) is 1. The summed E-state index contributed by atoms with van der Waals surface area (Å²) in [6.45, 7) is 1.92. The Hall–Kier alpha value is -1.11. The molecule has 2 atom stereocenters. The molecule has 0 unspecified atom stereocenters. The highest BCUT2D eigenvalue weighted by atomic mass is 32.2. The molecule has 84 valence electrons. The minimum Gasteiger partial charge on any atom is -0.461 e. The van der Waals surface area contributed by atoms with Gasteiger partial charge in [-0.25, -0.2) is 13.2 Å². The Bertz CT molecular complexity index is 413. The van der Waals surface area contributed by atoms with Crippen LogP contribution in [0.4, 0.5) is 0 Å². The van der Waals surface area contributed by atoms with Crippen molar-refractivity contribution in [1.29, 1.82) is 0 Å². The summed E-state index contributed by atoms with van der Waals surface area (Å²) < 4.78 is 27.3. The minimum absolute atomic E-state index is 0.0654. The third kappa shape index (κ3) is 1.83. The van der Waals surface area contributed by atoms with E-state index >= 15 is 0 Å². The van der Waals surface area contributed by atoms with Crippen LogP contribution in [0.15, 0.2) is 5.16 Å². The van der Waals surface area contributed by atoms with Crippen LogP contribution in [0, 0.1) is 5.92 Å². The molecule has 7 heteroatoms. The summed E-state index contributed by atoms with van der Waals surface area (Å²) in [4.78, 5) is 16.3. The minimum atomic E-state index is -3.10. The van der Waals surface area contributed by atoms with Gasteiger partial charge in [-0.3, -0.25) is 0 Å². The second-order valence-corrected chi connectivity index (χ2v) is 5.68. The molecule has 0 aromatic carbocycles. The topological polar surface area (TPSA) is 82.0 Å². The quantitative estimate of drug-likeness (QED) is 0.592. The van der Waals surface area contributed by atoms with Crippen LogP contribution in [0.3, 0.4) is 0 Å². The molecular formula is C8H11NO5S. The molecule has 0 bridgehead atoms. The summed E-state index contributed by atoms with van der Waals surface area (Å²) in [6, 6.07) is 0. The number of hydrogen-bond acceptors (Lipinski definition) is 6. The van der Waals surface area contributed by atoms with Gasteiger partial charge in [-0.15, -0.1) is 0 Å². The first kappa shape index (κ1) is 10.4. The Balaban J connectivity index is 2.14. The van der Waals surface area contributed by atoms with E-state index in [0.717, 1.165) is 0 Å². The van der Waals surface area contributed by atoms with E-state index in [-0.39, 0.29) is 23.8 Å².